The Morgan fingerprint density at radius 1 is 1.35 bits per heavy atom. The molecule has 2 rings (SSSR count). The molecule has 6 nitrogen and oxygen atoms in total. The Bertz CT molecular complexity index is 527. The second kappa shape index (κ2) is 7.49. The summed E-state index contributed by atoms with van der Waals surface area (Å²) in [4.78, 5) is 4.30. The van der Waals surface area contributed by atoms with Gasteiger partial charge in [-0.2, -0.15) is 5.10 Å². The SMILES string of the molecule is CCCOc1cccnc1Nc1cnn(CCOC)c1. The normalized spacial score (nSPS) is 10.5. The molecule has 0 fully saturated rings. The predicted octanol–water partition coefficient (Wildman–Crippen LogP) is 2.46. The maximum absolute atomic E-state index is 5.66. The fourth-order valence-electron chi connectivity index (χ4n) is 1.68. The molecule has 0 aromatic carbocycles. The maximum atomic E-state index is 5.66. The van der Waals surface area contributed by atoms with Crippen molar-refractivity contribution >= 4 is 11.5 Å². The topological polar surface area (TPSA) is 61.2 Å². The van der Waals surface area contributed by atoms with E-state index in [-0.39, 0.29) is 0 Å². The number of aromatic nitrogens is 3. The molecule has 0 atom stereocenters. The van der Waals surface area contributed by atoms with Gasteiger partial charge < -0.3 is 14.8 Å². The van der Waals surface area contributed by atoms with Crippen molar-refractivity contribution in [1.29, 1.82) is 0 Å². The number of hydrogen-bond acceptors (Lipinski definition) is 5. The van der Waals surface area contributed by atoms with Crippen molar-refractivity contribution in [3.63, 3.8) is 0 Å². The van der Waals surface area contributed by atoms with E-state index >= 15 is 0 Å². The second-order valence-corrected chi connectivity index (χ2v) is 4.31. The van der Waals surface area contributed by atoms with Crippen LogP contribution in [0.1, 0.15) is 13.3 Å². The van der Waals surface area contributed by atoms with E-state index in [4.69, 9.17) is 9.47 Å². The van der Waals surface area contributed by atoms with Crippen LogP contribution < -0.4 is 10.1 Å². The number of hydrogen-bond donors (Lipinski definition) is 1. The number of nitrogens with one attached hydrogen (secondary N) is 1. The van der Waals surface area contributed by atoms with Crippen LogP contribution in [-0.2, 0) is 11.3 Å². The van der Waals surface area contributed by atoms with Crippen LogP contribution in [0.3, 0.4) is 0 Å². The monoisotopic (exact) mass is 276 g/mol. The third-order valence-electron chi connectivity index (χ3n) is 2.65. The van der Waals surface area contributed by atoms with Crippen LogP contribution in [0, 0.1) is 0 Å². The number of ether oxygens (including phenoxy) is 2. The van der Waals surface area contributed by atoms with Crippen molar-refractivity contribution in [2.45, 2.75) is 19.9 Å². The van der Waals surface area contributed by atoms with Crippen molar-refractivity contribution in [3.8, 4) is 5.75 Å². The van der Waals surface area contributed by atoms with Gasteiger partial charge in [0.25, 0.3) is 0 Å². The van der Waals surface area contributed by atoms with Gasteiger partial charge in [0.2, 0.25) is 0 Å². The van der Waals surface area contributed by atoms with E-state index in [2.05, 4.69) is 22.3 Å². The minimum atomic E-state index is 0.634. The van der Waals surface area contributed by atoms with E-state index in [1.54, 1.807) is 19.5 Å². The minimum absolute atomic E-state index is 0.634. The highest BCUT2D eigenvalue weighted by atomic mass is 16.5. The zero-order chi connectivity index (χ0) is 14.2. The van der Waals surface area contributed by atoms with Crippen molar-refractivity contribution in [1.82, 2.24) is 14.8 Å². The predicted molar refractivity (Wildman–Crippen MR) is 77.4 cm³/mol. The Morgan fingerprint density at radius 2 is 2.25 bits per heavy atom. The summed E-state index contributed by atoms with van der Waals surface area (Å²) in [7, 11) is 1.67. The van der Waals surface area contributed by atoms with Crippen molar-refractivity contribution in [2.24, 2.45) is 0 Å². The summed E-state index contributed by atoms with van der Waals surface area (Å²) in [5, 5.41) is 7.47. The molecule has 0 saturated heterocycles. The summed E-state index contributed by atoms with van der Waals surface area (Å²) in [6, 6.07) is 3.76. The minimum Gasteiger partial charge on any atom is -0.490 e. The molecule has 0 saturated carbocycles. The molecule has 2 aromatic rings. The van der Waals surface area contributed by atoms with Crippen molar-refractivity contribution in [3.05, 3.63) is 30.7 Å². The van der Waals surface area contributed by atoms with Crippen molar-refractivity contribution < 1.29 is 9.47 Å². The highest BCUT2D eigenvalue weighted by Crippen LogP contribution is 2.24. The molecule has 0 aliphatic rings. The van der Waals surface area contributed by atoms with Gasteiger partial charge in [-0.1, -0.05) is 6.92 Å². The van der Waals surface area contributed by atoms with E-state index in [9.17, 15) is 0 Å². The summed E-state index contributed by atoms with van der Waals surface area (Å²) in [5.74, 6) is 1.45. The second-order valence-electron chi connectivity index (χ2n) is 4.31. The first kappa shape index (κ1) is 14.3. The third kappa shape index (κ3) is 3.96. The fraction of sp³-hybridized carbons (Fsp3) is 0.429. The lowest BCUT2D eigenvalue weighted by molar-refractivity contribution is 0.183. The standard InChI is InChI=1S/C14H20N4O2/c1-3-8-20-13-5-4-6-15-14(13)17-12-10-16-18(11-12)7-9-19-2/h4-6,10-11H,3,7-9H2,1-2H3,(H,15,17). The first-order valence-electron chi connectivity index (χ1n) is 6.69. The van der Waals surface area contributed by atoms with Crippen LogP contribution in [0.15, 0.2) is 30.7 Å². The molecule has 108 valence electrons. The molecule has 6 heteroatoms. The molecule has 0 aliphatic heterocycles. The van der Waals surface area contributed by atoms with Gasteiger partial charge in [-0.15, -0.1) is 0 Å². The number of nitrogens with zero attached hydrogens (tertiary/aromatic N) is 3. The average molecular weight is 276 g/mol. The van der Waals surface area contributed by atoms with E-state index in [0.717, 1.165) is 24.4 Å². The molecule has 0 unspecified atom stereocenters. The highest BCUT2D eigenvalue weighted by molar-refractivity contribution is 5.60. The smallest absolute Gasteiger partial charge is 0.173 e. The molecule has 2 heterocycles. The average Bonchev–Trinajstić information content (AvgIpc) is 2.92. The Hall–Kier alpha value is -2.08. The lowest BCUT2D eigenvalue weighted by atomic mass is 10.4. The fourth-order valence-corrected chi connectivity index (χ4v) is 1.68. The molecule has 0 bridgehead atoms. The summed E-state index contributed by atoms with van der Waals surface area (Å²) >= 11 is 0. The molecule has 0 amide bonds. The number of methoxy groups -OCH3 is 1. The van der Waals surface area contributed by atoms with E-state index in [0.29, 0.717) is 19.0 Å². The Labute approximate surface area is 118 Å². The van der Waals surface area contributed by atoms with E-state index < -0.39 is 0 Å². The zero-order valence-corrected chi connectivity index (χ0v) is 11.9. The summed E-state index contributed by atoms with van der Waals surface area (Å²) in [6.07, 6.45) is 6.37. The molecule has 0 aliphatic carbocycles. The largest absolute Gasteiger partial charge is 0.490 e. The number of pyridine rings is 1. The summed E-state index contributed by atoms with van der Waals surface area (Å²) in [6.45, 7) is 4.10. The van der Waals surface area contributed by atoms with Crippen LogP contribution in [0.2, 0.25) is 0 Å². The molecule has 0 radical (unpaired) electrons. The van der Waals surface area contributed by atoms with Crippen LogP contribution in [-0.4, -0.2) is 35.1 Å². The lowest BCUT2D eigenvalue weighted by Crippen LogP contribution is -2.04. The molecule has 20 heavy (non-hydrogen) atoms. The Balaban J connectivity index is 2.03. The van der Waals surface area contributed by atoms with Gasteiger partial charge in [0.15, 0.2) is 11.6 Å². The van der Waals surface area contributed by atoms with Crippen LogP contribution >= 0.6 is 0 Å². The molecular weight excluding hydrogens is 256 g/mol. The third-order valence-corrected chi connectivity index (χ3v) is 2.65. The van der Waals surface area contributed by atoms with Gasteiger partial charge >= 0.3 is 0 Å². The van der Waals surface area contributed by atoms with E-state index in [1.165, 1.54) is 0 Å². The first-order valence-corrected chi connectivity index (χ1v) is 6.69. The molecule has 0 spiro atoms. The van der Waals surface area contributed by atoms with Gasteiger partial charge in [-0.3, -0.25) is 4.68 Å². The van der Waals surface area contributed by atoms with Crippen molar-refractivity contribution in [2.75, 3.05) is 25.6 Å². The number of rotatable bonds is 8. The summed E-state index contributed by atoms with van der Waals surface area (Å²) < 4.78 is 12.5. The Kier molecular flexibility index (Phi) is 5.37. The Morgan fingerprint density at radius 3 is 3.05 bits per heavy atom. The summed E-state index contributed by atoms with van der Waals surface area (Å²) in [5.41, 5.74) is 0.876. The molecule has 1 N–H and O–H groups in total. The molecular formula is C14H20N4O2. The molecule has 2 aromatic heterocycles. The van der Waals surface area contributed by atoms with Gasteiger partial charge in [-0.05, 0) is 18.6 Å². The van der Waals surface area contributed by atoms with Crippen LogP contribution in [0.25, 0.3) is 0 Å². The zero-order valence-electron chi connectivity index (χ0n) is 11.9. The van der Waals surface area contributed by atoms with Crippen LogP contribution in [0.4, 0.5) is 11.5 Å². The number of anilines is 2. The van der Waals surface area contributed by atoms with E-state index in [1.807, 2.05) is 23.0 Å². The maximum Gasteiger partial charge on any atom is 0.173 e. The van der Waals surface area contributed by atoms with Gasteiger partial charge in [0, 0.05) is 19.5 Å². The lowest BCUT2D eigenvalue weighted by Gasteiger charge is -2.10. The van der Waals surface area contributed by atoms with Gasteiger partial charge in [0.05, 0.1) is 31.6 Å². The van der Waals surface area contributed by atoms with Gasteiger partial charge in [-0.25, -0.2) is 4.98 Å². The van der Waals surface area contributed by atoms with Crippen LogP contribution in [0.5, 0.6) is 5.75 Å². The highest BCUT2D eigenvalue weighted by Gasteiger charge is 2.06. The quantitative estimate of drug-likeness (QED) is 0.802. The first-order chi connectivity index (χ1) is 9.83. The van der Waals surface area contributed by atoms with Gasteiger partial charge in [0.1, 0.15) is 0 Å².